The summed E-state index contributed by atoms with van der Waals surface area (Å²) >= 11 is 0. The van der Waals surface area contributed by atoms with E-state index in [1.807, 2.05) is 6.08 Å². The molecule has 0 aromatic heterocycles. The molecule has 2 rings (SSSR count). The highest BCUT2D eigenvalue weighted by Crippen LogP contribution is 2.39. The van der Waals surface area contributed by atoms with Crippen LogP contribution in [0.2, 0.25) is 0 Å². The average molecular weight is 495 g/mol. The van der Waals surface area contributed by atoms with Gasteiger partial charge in [-0.25, -0.2) is 0 Å². The lowest BCUT2D eigenvalue weighted by Crippen LogP contribution is -2.30. The van der Waals surface area contributed by atoms with Crippen LogP contribution in [0, 0.1) is 17.8 Å². The fourth-order valence-electron chi connectivity index (χ4n) is 5.29. The number of aliphatic hydroxyl groups excluding tert-OH is 2. The Hall–Kier alpha value is -1.21. The molecule has 1 unspecified atom stereocenters. The van der Waals surface area contributed by atoms with Gasteiger partial charge in [0.15, 0.2) is 6.29 Å². The van der Waals surface area contributed by atoms with Gasteiger partial charge in [0.2, 0.25) is 0 Å². The number of rotatable bonds is 16. The van der Waals surface area contributed by atoms with Crippen molar-refractivity contribution in [1.29, 1.82) is 0 Å². The van der Waals surface area contributed by atoms with E-state index in [0.29, 0.717) is 18.8 Å². The summed E-state index contributed by atoms with van der Waals surface area (Å²) in [6.45, 7) is 5.15. The SMILES string of the molecule is CCCCC[C@H](C)C[C@H](O)/C=C/[C@@H]1[C@@H](C/C=C\CCCC(=O)OC)[C@@H](O)C[C@H]1OC1CCCCO1. The highest BCUT2D eigenvalue weighted by molar-refractivity contribution is 5.69. The minimum Gasteiger partial charge on any atom is -0.469 e. The Labute approximate surface area is 213 Å². The average Bonchev–Trinajstić information content (AvgIpc) is 3.14. The molecule has 2 N–H and O–H groups in total. The quantitative estimate of drug-likeness (QED) is 0.162. The van der Waals surface area contributed by atoms with E-state index < -0.39 is 12.2 Å². The summed E-state index contributed by atoms with van der Waals surface area (Å²) < 4.78 is 16.8. The van der Waals surface area contributed by atoms with Crippen LogP contribution in [-0.4, -0.2) is 54.5 Å². The molecule has 0 spiro atoms. The second kappa shape index (κ2) is 17.3. The van der Waals surface area contributed by atoms with Crippen molar-refractivity contribution in [2.45, 2.75) is 122 Å². The molecular weight excluding hydrogens is 444 g/mol. The van der Waals surface area contributed by atoms with Crippen LogP contribution in [0.25, 0.3) is 0 Å². The monoisotopic (exact) mass is 494 g/mol. The minimum atomic E-state index is -0.481. The van der Waals surface area contributed by atoms with Crippen molar-refractivity contribution >= 4 is 5.97 Å². The number of carbonyl (C=O) groups is 1. The van der Waals surface area contributed by atoms with Crippen molar-refractivity contribution in [2.24, 2.45) is 17.8 Å². The van der Waals surface area contributed by atoms with Gasteiger partial charge < -0.3 is 24.4 Å². The molecule has 0 bridgehead atoms. The number of ether oxygens (including phenoxy) is 3. The topological polar surface area (TPSA) is 85.2 Å². The zero-order valence-corrected chi connectivity index (χ0v) is 22.3. The molecule has 35 heavy (non-hydrogen) atoms. The number of methoxy groups -OCH3 is 1. The molecule has 0 aromatic carbocycles. The summed E-state index contributed by atoms with van der Waals surface area (Å²) in [6, 6.07) is 0. The first-order valence-electron chi connectivity index (χ1n) is 14.0. The molecule has 1 saturated heterocycles. The first-order valence-corrected chi connectivity index (χ1v) is 14.0. The van der Waals surface area contributed by atoms with Crippen molar-refractivity contribution in [3.05, 3.63) is 24.3 Å². The molecule has 6 heteroatoms. The van der Waals surface area contributed by atoms with Gasteiger partial charge in [-0.2, -0.15) is 0 Å². The third kappa shape index (κ3) is 11.6. The van der Waals surface area contributed by atoms with Crippen LogP contribution in [0.15, 0.2) is 24.3 Å². The largest absolute Gasteiger partial charge is 0.469 e. The summed E-state index contributed by atoms with van der Waals surface area (Å²) in [4.78, 5) is 11.3. The van der Waals surface area contributed by atoms with Crippen LogP contribution in [0.5, 0.6) is 0 Å². The summed E-state index contributed by atoms with van der Waals surface area (Å²) in [6.07, 6.45) is 18.9. The summed E-state index contributed by atoms with van der Waals surface area (Å²) in [5, 5.41) is 21.6. The molecular formula is C29H50O6. The smallest absolute Gasteiger partial charge is 0.305 e. The number of aliphatic hydroxyl groups is 2. The molecule has 7 atom stereocenters. The van der Waals surface area contributed by atoms with E-state index in [4.69, 9.17) is 9.47 Å². The van der Waals surface area contributed by atoms with Gasteiger partial charge in [0.05, 0.1) is 25.4 Å². The van der Waals surface area contributed by atoms with Gasteiger partial charge in [-0.15, -0.1) is 0 Å². The van der Waals surface area contributed by atoms with Crippen LogP contribution in [0.1, 0.15) is 97.3 Å². The lowest BCUT2D eigenvalue weighted by Gasteiger charge is -2.29. The Morgan fingerprint density at radius 3 is 2.74 bits per heavy atom. The van der Waals surface area contributed by atoms with E-state index in [1.54, 1.807) is 0 Å². The van der Waals surface area contributed by atoms with Crippen LogP contribution < -0.4 is 0 Å². The Balaban J connectivity index is 1.95. The predicted octanol–water partition coefficient (Wildman–Crippen LogP) is 5.71. The zero-order chi connectivity index (χ0) is 25.5. The number of esters is 1. The molecule has 0 amide bonds. The summed E-state index contributed by atoms with van der Waals surface area (Å²) in [7, 11) is 1.41. The Bertz CT molecular complexity index is 627. The van der Waals surface area contributed by atoms with Crippen LogP contribution >= 0.6 is 0 Å². The highest BCUT2D eigenvalue weighted by Gasteiger charge is 2.42. The van der Waals surface area contributed by atoms with Crippen LogP contribution in [-0.2, 0) is 19.0 Å². The normalized spacial score (nSPS) is 29.1. The van der Waals surface area contributed by atoms with E-state index in [1.165, 1.54) is 26.4 Å². The summed E-state index contributed by atoms with van der Waals surface area (Å²) in [5.41, 5.74) is 0. The maximum atomic E-state index is 11.3. The summed E-state index contributed by atoms with van der Waals surface area (Å²) in [5.74, 6) is 0.367. The minimum absolute atomic E-state index is 0.0280. The van der Waals surface area contributed by atoms with Crippen molar-refractivity contribution in [3.63, 3.8) is 0 Å². The molecule has 202 valence electrons. The molecule has 1 aliphatic heterocycles. The Morgan fingerprint density at radius 2 is 2.03 bits per heavy atom. The van der Waals surface area contributed by atoms with E-state index >= 15 is 0 Å². The number of unbranched alkanes of at least 4 members (excludes halogenated alkanes) is 3. The first-order chi connectivity index (χ1) is 16.9. The predicted molar refractivity (Wildman–Crippen MR) is 139 cm³/mol. The number of hydrogen-bond donors (Lipinski definition) is 2. The van der Waals surface area contributed by atoms with Crippen molar-refractivity contribution < 1.29 is 29.2 Å². The molecule has 0 aromatic rings. The number of carbonyl (C=O) groups excluding carboxylic acids is 1. The van der Waals surface area contributed by atoms with Gasteiger partial charge >= 0.3 is 5.97 Å². The molecule has 0 radical (unpaired) electrons. The van der Waals surface area contributed by atoms with E-state index in [0.717, 1.165) is 58.0 Å². The Kier molecular flexibility index (Phi) is 14.8. The Morgan fingerprint density at radius 1 is 1.20 bits per heavy atom. The highest BCUT2D eigenvalue weighted by atomic mass is 16.7. The van der Waals surface area contributed by atoms with E-state index in [9.17, 15) is 15.0 Å². The fraction of sp³-hybridized carbons (Fsp3) is 0.828. The maximum Gasteiger partial charge on any atom is 0.305 e. The van der Waals surface area contributed by atoms with E-state index in [2.05, 4.69) is 36.8 Å². The fourth-order valence-corrected chi connectivity index (χ4v) is 5.29. The van der Waals surface area contributed by atoms with Gasteiger partial charge in [-0.3, -0.25) is 4.79 Å². The maximum absolute atomic E-state index is 11.3. The second-order valence-electron chi connectivity index (χ2n) is 10.5. The van der Waals surface area contributed by atoms with Gasteiger partial charge in [-0.1, -0.05) is 63.8 Å². The third-order valence-electron chi connectivity index (χ3n) is 7.41. The number of hydrogen-bond acceptors (Lipinski definition) is 6. The molecule has 1 aliphatic carbocycles. The van der Waals surface area contributed by atoms with Gasteiger partial charge in [0.1, 0.15) is 0 Å². The van der Waals surface area contributed by atoms with Crippen LogP contribution in [0.3, 0.4) is 0 Å². The van der Waals surface area contributed by atoms with Crippen molar-refractivity contribution in [2.75, 3.05) is 13.7 Å². The molecule has 1 heterocycles. The zero-order valence-electron chi connectivity index (χ0n) is 22.3. The lowest BCUT2D eigenvalue weighted by molar-refractivity contribution is -0.193. The van der Waals surface area contributed by atoms with E-state index in [-0.39, 0.29) is 30.2 Å². The third-order valence-corrected chi connectivity index (χ3v) is 7.41. The lowest BCUT2D eigenvalue weighted by atomic mass is 9.89. The van der Waals surface area contributed by atoms with Crippen molar-refractivity contribution in [1.82, 2.24) is 0 Å². The van der Waals surface area contributed by atoms with Gasteiger partial charge in [0, 0.05) is 25.4 Å². The van der Waals surface area contributed by atoms with Gasteiger partial charge in [-0.05, 0) is 56.8 Å². The van der Waals surface area contributed by atoms with Crippen molar-refractivity contribution in [3.8, 4) is 0 Å². The second-order valence-corrected chi connectivity index (χ2v) is 10.5. The first kappa shape index (κ1) is 30.0. The van der Waals surface area contributed by atoms with Gasteiger partial charge in [0.25, 0.3) is 0 Å². The molecule has 2 aliphatic rings. The molecule has 6 nitrogen and oxygen atoms in total. The molecule has 1 saturated carbocycles. The molecule has 2 fully saturated rings. The van der Waals surface area contributed by atoms with Crippen LogP contribution in [0.4, 0.5) is 0 Å². The standard InChI is InChI=1S/C29H50O6/c1-4-5-8-13-22(2)20-23(30)17-18-25-24(14-9-6-7-10-15-28(32)33-3)26(31)21-27(25)35-29-16-11-12-19-34-29/h6,9,17-18,22-27,29-31H,4-5,7-8,10-16,19-21H2,1-3H3/b9-6-,18-17+/t22-,23+,24+,25+,26-,27+,29?/m0/s1. The number of allylic oxidation sites excluding steroid dienone is 2.